The summed E-state index contributed by atoms with van der Waals surface area (Å²) in [5.41, 5.74) is 10.9. The van der Waals surface area contributed by atoms with Crippen LogP contribution in [0.2, 0.25) is 0 Å². The van der Waals surface area contributed by atoms with E-state index in [1.54, 1.807) is 26.1 Å². The molecule has 5 N–H and O–H groups in total. The lowest BCUT2D eigenvalue weighted by Crippen LogP contribution is -2.43. The molecule has 3 aromatic rings. The SMILES string of the molecule is CC(C)Oc1ccc(F)c(-c2nc(C(=O)Nc3cnccc3N3CCCC(N)C3)c(N)cc2F)c1F. The van der Waals surface area contributed by atoms with E-state index in [0.717, 1.165) is 37.6 Å². The molecule has 0 saturated carbocycles. The Labute approximate surface area is 206 Å². The largest absolute Gasteiger partial charge is 0.488 e. The lowest BCUT2D eigenvalue weighted by Gasteiger charge is -2.33. The van der Waals surface area contributed by atoms with E-state index in [1.807, 2.05) is 4.90 Å². The first kappa shape index (κ1) is 25.2. The summed E-state index contributed by atoms with van der Waals surface area (Å²) in [6.07, 6.45) is 4.43. The molecular weight excluding hydrogens is 473 g/mol. The molecule has 3 heterocycles. The number of piperidine rings is 1. The van der Waals surface area contributed by atoms with Crippen molar-refractivity contribution in [2.24, 2.45) is 5.73 Å². The Hall–Kier alpha value is -3.86. The van der Waals surface area contributed by atoms with Crippen molar-refractivity contribution in [3.8, 4) is 17.0 Å². The van der Waals surface area contributed by atoms with Crippen molar-refractivity contribution in [1.82, 2.24) is 9.97 Å². The Morgan fingerprint density at radius 1 is 1.22 bits per heavy atom. The van der Waals surface area contributed by atoms with Crippen LogP contribution < -0.4 is 26.4 Å². The average molecular weight is 501 g/mol. The van der Waals surface area contributed by atoms with Gasteiger partial charge in [0, 0.05) is 31.4 Å². The van der Waals surface area contributed by atoms with Crippen molar-refractivity contribution in [3.63, 3.8) is 0 Å². The average Bonchev–Trinajstić information content (AvgIpc) is 2.82. The topological polar surface area (TPSA) is 119 Å². The van der Waals surface area contributed by atoms with Gasteiger partial charge in [-0.2, -0.15) is 0 Å². The van der Waals surface area contributed by atoms with Crippen molar-refractivity contribution in [2.75, 3.05) is 29.0 Å². The summed E-state index contributed by atoms with van der Waals surface area (Å²) in [7, 11) is 0. The molecule has 0 aliphatic carbocycles. The van der Waals surface area contributed by atoms with Gasteiger partial charge in [-0.3, -0.25) is 9.78 Å². The fourth-order valence-electron chi connectivity index (χ4n) is 4.13. The molecule has 1 unspecified atom stereocenters. The number of amides is 1. The van der Waals surface area contributed by atoms with E-state index in [1.165, 1.54) is 6.20 Å². The zero-order valence-corrected chi connectivity index (χ0v) is 19.9. The first-order valence-electron chi connectivity index (χ1n) is 11.5. The number of nitrogens with two attached hydrogens (primary N) is 2. The molecule has 1 aromatic carbocycles. The predicted molar refractivity (Wildman–Crippen MR) is 131 cm³/mol. The van der Waals surface area contributed by atoms with Crippen LogP contribution in [0, 0.1) is 17.5 Å². The highest BCUT2D eigenvalue weighted by Crippen LogP contribution is 2.34. The molecule has 1 aliphatic heterocycles. The van der Waals surface area contributed by atoms with Crippen molar-refractivity contribution in [2.45, 2.75) is 38.8 Å². The number of carbonyl (C=O) groups is 1. The molecule has 1 fully saturated rings. The Morgan fingerprint density at radius 2 is 2.00 bits per heavy atom. The van der Waals surface area contributed by atoms with E-state index < -0.39 is 46.4 Å². The number of hydrogen-bond acceptors (Lipinski definition) is 7. The summed E-state index contributed by atoms with van der Waals surface area (Å²) in [5.74, 6) is -4.36. The van der Waals surface area contributed by atoms with E-state index in [-0.39, 0.29) is 17.5 Å². The van der Waals surface area contributed by atoms with Crippen LogP contribution >= 0.6 is 0 Å². The number of nitrogens with zero attached hydrogens (tertiary/aromatic N) is 3. The van der Waals surface area contributed by atoms with Crippen molar-refractivity contribution >= 4 is 23.0 Å². The summed E-state index contributed by atoms with van der Waals surface area (Å²) < 4.78 is 49.9. The van der Waals surface area contributed by atoms with Crippen LogP contribution in [-0.2, 0) is 0 Å². The quantitative estimate of drug-likeness (QED) is 0.466. The Bertz CT molecular complexity index is 1290. The van der Waals surface area contributed by atoms with E-state index in [9.17, 15) is 13.6 Å². The third-order valence-corrected chi connectivity index (χ3v) is 5.72. The second kappa shape index (κ2) is 10.4. The van der Waals surface area contributed by atoms with E-state index >= 15 is 4.39 Å². The molecule has 0 radical (unpaired) electrons. The fraction of sp³-hybridized carbons (Fsp3) is 0.320. The highest BCUT2D eigenvalue weighted by atomic mass is 19.1. The minimum absolute atomic E-state index is 0.00679. The van der Waals surface area contributed by atoms with Crippen LogP contribution in [0.3, 0.4) is 0 Å². The lowest BCUT2D eigenvalue weighted by atomic mass is 10.1. The fourth-order valence-corrected chi connectivity index (χ4v) is 4.13. The zero-order chi connectivity index (χ0) is 26.0. The monoisotopic (exact) mass is 500 g/mol. The molecular formula is C25H27F3N6O2. The van der Waals surface area contributed by atoms with Crippen molar-refractivity contribution in [1.29, 1.82) is 0 Å². The summed E-state index contributed by atoms with van der Waals surface area (Å²) >= 11 is 0. The maximum absolute atomic E-state index is 15.1. The van der Waals surface area contributed by atoms with Gasteiger partial charge >= 0.3 is 0 Å². The molecule has 8 nitrogen and oxygen atoms in total. The number of benzene rings is 1. The van der Waals surface area contributed by atoms with Gasteiger partial charge in [-0.05, 0) is 44.9 Å². The van der Waals surface area contributed by atoms with Crippen molar-refractivity contribution in [3.05, 3.63) is 59.8 Å². The first-order chi connectivity index (χ1) is 17.2. The molecule has 4 rings (SSSR count). The normalized spacial score (nSPS) is 15.8. The number of aromatic nitrogens is 2. The van der Waals surface area contributed by atoms with Crippen LogP contribution in [-0.4, -0.2) is 41.1 Å². The molecule has 190 valence electrons. The summed E-state index contributed by atoms with van der Waals surface area (Å²) in [5, 5.41) is 2.68. The van der Waals surface area contributed by atoms with Gasteiger partial charge in [0.15, 0.2) is 23.1 Å². The number of halogens is 3. The van der Waals surface area contributed by atoms with Gasteiger partial charge in [0.1, 0.15) is 11.5 Å². The maximum Gasteiger partial charge on any atom is 0.276 e. The molecule has 11 heteroatoms. The molecule has 2 aromatic heterocycles. The third-order valence-electron chi connectivity index (χ3n) is 5.72. The smallest absolute Gasteiger partial charge is 0.276 e. The Kier molecular flexibility index (Phi) is 7.30. The second-order valence-corrected chi connectivity index (χ2v) is 8.85. The highest BCUT2D eigenvalue weighted by Gasteiger charge is 2.26. The zero-order valence-electron chi connectivity index (χ0n) is 19.9. The van der Waals surface area contributed by atoms with Crippen LogP contribution in [0.25, 0.3) is 11.3 Å². The molecule has 0 spiro atoms. The minimum atomic E-state index is -1.14. The summed E-state index contributed by atoms with van der Waals surface area (Å²) in [6, 6.07) is 4.59. The number of hydrogen-bond donors (Lipinski definition) is 3. The van der Waals surface area contributed by atoms with E-state index in [0.29, 0.717) is 17.9 Å². The number of pyridine rings is 2. The van der Waals surface area contributed by atoms with Crippen LogP contribution in [0.4, 0.5) is 30.2 Å². The third kappa shape index (κ3) is 5.20. The molecule has 36 heavy (non-hydrogen) atoms. The van der Waals surface area contributed by atoms with Gasteiger partial charge in [-0.1, -0.05) is 0 Å². The summed E-state index contributed by atoms with van der Waals surface area (Å²) in [6.45, 7) is 4.67. The second-order valence-electron chi connectivity index (χ2n) is 8.85. The predicted octanol–water partition coefficient (Wildman–Crippen LogP) is 4.11. The standard InChI is InChI=1S/C25H27F3N6O2/c1-13(2)36-20-6-5-15(26)21(22(20)28)23-16(27)10-17(30)24(33-23)25(35)32-18-11-31-8-7-19(18)34-9-3-4-14(29)12-34/h5-8,10-11,13-14H,3-4,9,12,29-30H2,1-2H3,(H,32,35). The van der Waals surface area contributed by atoms with Gasteiger partial charge in [0.2, 0.25) is 0 Å². The highest BCUT2D eigenvalue weighted by molar-refractivity contribution is 6.08. The van der Waals surface area contributed by atoms with E-state index in [4.69, 9.17) is 16.2 Å². The van der Waals surface area contributed by atoms with Crippen LogP contribution in [0.1, 0.15) is 37.2 Å². The number of nitrogens with one attached hydrogen (secondary N) is 1. The van der Waals surface area contributed by atoms with Gasteiger partial charge in [0.05, 0.1) is 34.9 Å². The number of anilines is 3. The minimum Gasteiger partial charge on any atom is -0.488 e. The van der Waals surface area contributed by atoms with Crippen LogP contribution in [0.15, 0.2) is 36.7 Å². The van der Waals surface area contributed by atoms with Crippen molar-refractivity contribution < 1.29 is 22.7 Å². The Morgan fingerprint density at radius 3 is 2.72 bits per heavy atom. The molecule has 1 aliphatic rings. The van der Waals surface area contributed by atoms with Crippen LogP contribution in [0.5, 0.6) is 5.75 Å². The molecule has 1 atom stereocenters. The number of carbonyl (C=O) groups excluding carboxylic acids is 1. The summed E-state index contributed by atoms with van der Waals surface area (Å²) in [4.78, 5) is 23.2. The Balaban J connectivity index is 1.70. The van der Waals surface area contributed by atoms with E-state index in [2.05, 4.69) is 15.3 Å². The molecule has 1 saturated heterocycles. The lowest BCUT2D eigenvalue weighted by molar-refractivity contribution is 0.102. The van der Waals surface area contributed by atoms with Gasteiger partial charge < -0.3 is 26.4 Å². The molecule has 1 amide bonds. The number of rotatable bonds is 6. The molecule has 0 bridgehead atoms. The maximum atomic E-state index is 15.1. The first-order valence-corrected chi connectivity index (χ1v) is 11.5. The van der Waals surface area contributed by atoms with Gasteiger partial charge in [0.25, 0.3) is 5.91 Å². The number of nitrogen functional groups attached to an aromatic ring is 1. The van der Waals surface area contributed by atoms with Gasteiger partial charge in [-0.15, -0.1) is 0 Å². The number of ether oxygens (including phenoxy) is 1. The van der Waals surface area contributed by atoms with Gasteiger partial charge in [-0.25, -0.2) is 18.2 Å².